The summed E-state index contributed by atoms with van der Waals surface area (Å²) in [7, 11) is -3.78. The number of pyridine rings is 1. The number of anilines is 1. The van der Waals surface area contributed by atoms with Gasteiger partial charge in [0.2, 0.25) is 0 Å². The van der Waals surface area contributed by atoms with Crippen molar-refractivity contribution in [2.45, 2.75) is 30.2 Å². The molecule has 0 N–H and O–H groups in total. The highest BCUT2D eigenvalue weighted by Gasteiger charge is 2.35. The lowest BCUT2D eigenvalue weighted by atomic mass is 10.1. The molecule has 0 aliphatic carbocycles. The van der Waals surface area contributed by atoms with Crippen molar-refractivity contribution in [3.63, 3.8) is 0 Å². The number of nitrogens with zero attached hydrogens (tertiary/aromatic N) is 5. The third-order valence-electron chi connectivity index (χ3n) is 6.67. The van der Waals surface area contributed by atoms with Gasteiger partial charge in [-0.3, -0.25) is 13.5 Å². The molecule has 1 amide bonds. The number of rotatable bonds is 4. The first-order valence-corrected chi connectivity index (χ1v) is 12.8. The second kappa shape index (κ2) is 7.95. The summed E-state index contributed by atoms with van der Waals surface area (Å²) in [6, 6.07) is 19.4. The van der Waals surface area contributed by atoms with Gasteiger partial charge >= 0.3 is 0 Å². The zero-order chi connectivity index (χ0) is 23.3. The summed E-state index contributed by atoms with van der Waals surface area (Å²) < 4.78 is 30.3. The normalized spacial score (nSPS) is 17.9. The van der Waals surface area contributed by atoms with Crippen LogP contribution in [0.1, 0.15) is 40.6 Å². The van der Waals surface area contributed by atoms with Gasteiger partial charge in [-0.05, 0) is 61.2 Å². The first kappa shape index (κ1) is 20.9. The molecule has 0 saturated carbocycles. The number of carbonyl (C=O) groups is 1. The van der Waals surface area contributed by atoms with Crippen LogP contribution >= 0.6 is 0 Å². The smallest absolute Gasteiger partial charge is 0.264 e. The molecule has 1 saturated heterocycles. The van der Waals surface area contributed by atoms with Crippen LogP contribution in [0.3, 0.4) is 0 Å². The van der Waals surface area contributed by atoms with Gasteiger partial charge in [-0.2, -0.15) is 0 Å². The van der Waals surface area contributed by atoms with Crippen molar-refractivity contribution in [1.82, 2.24) is 19.5 Å². The second-order valence-corrected chi connectivity index (χ2v) is 10.5. The summed E-state index contributed by atoms with van der Waals surface area (Å²) in [6.07, 6.45) is 4.20. The van der Waals surface area contributed by atoms with Crippen LogP contribution in [0.5, 0.6) is 0 Å². The molecule has 2 aliphatic heterocycles. The van der Waals surface area contributed by atoms with E-state index in [9.17, 15) is 13.2 Å². The Morgan fingerprint density at radius 3 is 2.71 bits per heavy atom. The van der Waals surface area contributed by atoms with Crippen molar-refractivity contribution in [1.29, 1.82) is 0 Å². The average molecular weight is 474 g/mol. The Labute approximate surface area is 197 Å². The zero-order valence-corrected chi connectivity index (χ0v) is 19.2. The maximum Gasteiger partial charge on any atom is 0.264 e. The van der Waals surface area contributed by atoms with Crippen LogP contribution in [0.4, 0.5) is 5.69 Å². The van der Waals surface area contributed by atoms with Gasteiger partial charge in [-0.15, -0.1) is 10.2 Å². The Morgan fingerprint density at radius 2 is 1.79 bits per heavy atom. The Hall–Kier alpha value is -3.72. The van der Waals surface area contributed by atoms with Gasteiger partial charge in [0.05, 0.1) is 16.6 Å². The maximum atomic E-state index is 13.5. The molecule has 0 bridgehead atoms. The predicted octanol–water partition coefficient (Wildman–Crippen LogP) is 3.46. The molecule has 2 aromatic carbocycles. The number of likely N-dealkylation sites (tertiary alicyclic amines) is 1. The first-order chi connectivity index (χ1) is 16.5. The fourth-order valence-corrected chi connectivity index (χ4v) is 6.56. The number of para-hydroxylation sites is 1. The Morgan fingerprint density at radius 1 is 0.941 bits per heavy atom. The molecule has 1 atom stereocenters. The molecule has 0 spiro atoms. The summed E-state index contributed by atoms with van der Waals surface area (Å²) in [5.41, 5.74) is 2.81. The lowest BCUT2D eigenvalue weighted by molar-refractivity contribution is 0.0729. The van der Waals surface area contributed by atoms with Gasteiger partial charge in [0.25, 0.3) is 15.9 Å². The van der Waals surface area contributed by atoms with Crippen LogP contribution in [0.15, 0.2) is 77.8 Å². The van der Waals surface area contributed by atoms with Crippen molar-refractivity contribution >= 4 is 27.3 Å². The number of aromatic nitrogens is 3. The lowest BCUT2D eigenvalue weighted by Gasteiger charge is -2.24. The van der Waals surface area contributed by atoms with E-state index in [1.807, 2.05) is 53.1 Å². The van der Waals surface area contributed by atoms with E-state index in [1.54, 1.807) is 23.1 Å². The number of sulfonamides is 1. The molecule has 4 heterocycles. The molecular formula is C25H23N5O3S. The molecule has 6 rings (SSSR count). The molecule has 1 fully saturated rings. The standard InChI is InChI=1S/C25H23N5O3S/c31-25(28-15-6-11-22(28)24-27-26-23-12-3-4-14-29(23)24)19-8-5-9-20(17-19)34(32,33)30-16-13-18-7-1-2-10-21(18)30/h1-5,7-10,12,14,17,22H,6,11,13,15-16H2. The van der Waals surface area contributed by atoms with Crippen molar-refractivity contribution in [2.24, 2.45) is 0 Å². The molecule has 172 valence electrons. The van der Waals surface area contributed by atoms with E-state index in [0.29, 0.717) is 30.8 Å². The Kier molecular flexibility index (Phi) is 4.88. The van der Waals surface area contributed by atoms with E-state index in [-0.39, 0.29) is 16.8 Å². The molecule has 1 unspecified atom stereocenters. The largest absolute Gasteiger partial charge is 0.328 e. The van der Waals surface area contributed by atoms with Crippen LogP contribution in [0, 0.1) is 0 Å². The molecular weight excluding hydrogens is 450 g/mol. The molecule has 2 aromatic heterocycles. The summed E-state index contributed by atoms with van der Waals surface area (Å²) in [5.74, 6) is 0.521. The molecule has 8 nitrogen and oxygen atoms in total. The van der Waals surface area contributed by atoms with E-state index in [4.69, 9.17) is 0 Å². The highest BCUT2D eigenvalue weighted by Crippen LogP contribution is 2.35. The monoisotopic (exact) mass is 473 g/mol. The summed E-state index contributed by atoms with van der Waals surface area (Å²) in [5, 5.41) is 8.58. The lowest BCUT2D eigenvalue weighted by Crippen LogP contribution is -2.32. The van der Waals surface area contributed by atoms with Gasteiger partial charge < -0.3 is 4.90 Å². The fourth-order valence-electron chi connectivity index (χ4n) is 5.01. The Bertz CT molecular complexity index is 1510. The molecule has 9 heteroatoms. The van der Waals surface area contributed by atoms with Gasteiger partial charge in [0.1, 0.15) is 0 Å². The topological polar surface area (TPSA) is 87.9 Å². The summed E-state index contributed by atoms with van der Waals surface area (Å²) in [6.45, 7) is 0.982. The van der Waals surface area contributed by atoms with Crippen LogP contribution in [-0.2, 0) is 16.4 Å². The van der Waals surface area contributed by atoms with E-state index >= 15 is 0 Å². The number of carbonyl (C=O) groups excluding carboxylic acids is 1. The van der Waals surface area contributed by atoms with Crippen molar-refractivity contribution in [2.75, 3.05) is 17.4 Å². The van der Waals surface area contributed by atoms with Crippen LogP contribution < -0.4 is 4.31 Å². The average Bonchev–Trinajstić information content (AvgIpc) is 3.61. The van der Waals surface area contributed by atoms with Crippen LogP contribution in [0.25, 0.3) is 5.65 Å². The molecule has 2 aliphatic rings. The van der Waals surface area contributed by atoms with Crippen molar-refractivity contribution in [3.8, 4) is 0 Å². The molecule has 4 aromatic rings. The van der Waals surface area contributed by atoms with Crippen molar-refractivity contribution < 1.29 is 13.2 Å². The quantitative estimate of drug-likeness (QED) is 0.453. The van der Waals surface area contributed by atoms with E-state index < -0.39 is 10.0 Å². The number of benzene rings is 2. The predicted molar refractivity (Wildman–Crippen MR) is 127 cm³/mol. The van der Waals surface area contributed by atoms with E-state index in [2.05, 4.69) is 10.2 Å². The minimum atomic E-state index is -3.78. The van der Waals surface area contributed by atoms with Gasteiger partial charge in [-0.1, -0.05) is 30.3 Å². The van der Waals surface area contributed by atoms with E-state index in [1.165, 1.54) is 10.4 Å². The summed E-state index contributed by atoms with van der Waals surface area (Å²) >= 11 is 0. The van der Waals surface area contributed by atoms with Gasteiger partial charge in [0.15, 0.2) is 11.5 Å². The van der Waals surface area contributed by atoms with E-state index in [0.717, 1.165) is 29.9 Å². The zero-order valence-electron chi connectivity index (χ0n) is 18.4. The summed E-state index contributed by atoms with van der Waals surface area (Å²) in [4.78, 5) is 15.4. The highest BCUT2D eigenvalue weighted by molar-refractivity contribution is 7.92. The first-order valence-electron chi connectivity index (χ1n) is 11.4. The SMILES string of the molecule is O=C(c1cccc(S(=O)(=O)N2CCc3ccccc32)c1)N1CCCC1c1nnc2ccccn12. The minimum Gasteiger partial charge on any atom is -0.328 e. The van der Waals surface area contributed by atoms with Crippen molar-refractivity contribution in [3.05, 3.63) is 89.9 Å². The molecule has 34 heavy (non-hydrogen) atoms. The Balaban J connectivity index is 1.32. The minimum absolute atomic E-state index is 0.124. The highest BCUT2D eigenvalue weighted by atomic mass is 32.2. The maximum absolute atomic E-state index is 13.5. The number of amides is 1. The van der Waals surface area contributed by atoms with Crippen LogP contribution in [-0.4, -0.2) is 46.9 Å². The third kappa shape index (κ3) is 3.27. The number of fused-ring (bicyclic) bond motifs is 2. The number of hydrogen-bond donors (Lipinski definition) is 0. The van der Waals surface area contributed by atoms with Gasteiger partial charge in [0, 0.05) is 24.8 Å². The fraction of sp³-hybridized carbons (Fsp3) is 0.240. The number of hydrogen-bond acceptors (Lipinski definition) is 5. The molecule has 0 radical (unpaired) electrons. The van der Waals surface area contributed by atoms with Crippen LogP contribution in [0.2, 0.25) is 0 Å². The van der Waals surface area contributed by atoms with Gasteiger partial charge in [-0.25, -0.2) is 8.42 Å². The second-order valence-electron chi connectivity index (χ2n) is 8.63. The third-order valence-corrected chi connectivity index (χ3v) is 8.47.